The summed E-state index contributed by atoms with van der Waals surface area (Å²) < 4.78 is 5.31. The van der Waals surface area contributed by atoms with E-state index in [0.29, 0.717) is 19.1 Å². The van der Waals surface area contributed by atoms with Crippen LogP contribution in [0.15, 0.2) is 0 Å². The molecule has 1 aliphatic rings. The fourth-order valence-electron chi connectivity index (χ4n) is 3.22. The number of ether oxygens (including phenoxy) is 1. The van der Waals surface area contributed by atoms with Crippen LogP contribution in [0.3, 0.4) is 0 Å². The lowest BCUT2D eigenvalue weighted by Gasteiger charge is -2.35. The van der Waals surface area contributed by atoms with Crippen LogP contribution in [-0.4, -0.2) is 66.7 Å². The summed E-state index contributed by atoms with van der Waals surface area (Å²) >= 11 is 0. The van der Waals surface area contributed by atoms with Gasteiger partial charge in [0.25, 0.3) is 0 Å². The van der Waals surface area contributed by atoms with E-state index in [2.05, 4.69) is 17.1 Å². The third kappa shape index (κ3) is 8.08. The van der Waals surface area contributed by atoms with Crippen LogP contribution in [0.2, 0.25) is 0 Å². The summed E-state index contributed by atoms with van der Waals surface area (Å²) in [7, 11) is 1.66. The average Bonchev–Trinajstić information content (AvgIpc) is 2.53. The zero-order valence-corrected chi connectivity index (χ0v) is 16.9. The van der Waals surface area contributed by atoms with Gasteiger partial charge in [0.05, 0.1) is 5.92 Å². The fraction of sp³-hybridized carbons (Fsp3) is 0.895. The average molecular weight is 356 g/mol. The van der Waals surface area contributed by atoms with E-state index in [4.69, 9.17) is 4.74 Å². The minimum absolute atomic E-state index is 0.0135. The molecule has 6 heteroatoms. The van der Waals surface area contributed by atoms with Gasteiger partial charge in [0.2, 0.25) is 5.91 Å². The van der Waals surface area contributed by atoms with Crippen molar-refractivity contribution in [3.63, 3.8) is 0 Å². The number of piperidine rings is 1. The highest BCUT2D eigenvalue weighted by Crippen LogP contribution is 2.18. The molecule has 0 aliphatic carbocycles. The predicted molar refractivity (Wildman–Crippen MR) is 101 cm³/mol. The Morgan fingerprint density at radius 1 is 1.32 bits per heavy atom. The van der Waals surface area contributed by atoms with Crippen LogP contribution in [0.25, 0.3) is 0 Å². The molecule has 0 spiro atoms. The number of carbonyl (C=O) groups excluding carboxylic acids is 2. The summed E-state index contributed by atoms with van der Waals surface area (Å²) in [5, 5.41) is 3.01. The van der Waals surface area contributed by atoms with Crippen molar-refractivity contribution in [3.8, 4) is 0 Å². The molecule has 1 heterocycles. The van der Waals surface area contributed by atoms with Gasteiger partial charge in [-0.05, 0) is 46.6 Å². The van der Waals surface area contributed by atoms with Crippen LogP contribution in [0, 0.1) is 5.92 Å². The molecule has 0 bridgehead atoms. The highest BCUT2D eigenvalue weighted by Gasteiger charge is 2.24. The molecule has 1 aliphatic heterocycles. The third-order valence-electron chi connectivity index (χ3n) is 4.62. The molecule has 6 nitrogen and oxygen atoms in total. The predicted octanol–water partition coefficient (Wildman–Crippen LogP) is 2.87. The molecule has 0 aromatic carbocycles. The van der Waals surface area contributed by atoms with Crippen LogP contribution in [-0.2, 0) is 9.53 Å². The SMILES string of the molecule is CCC1CCCCN1CCNC(=O)C(C)CN(C)C(=O)OC(C)(C)C. The number of likely N-dealkylation sites (tertiary alicyclic amines) is 1. The van der Waals surface area contributed by atoms with Gasteiger partial charge in [-0.2, -0.15) is 0 Å². The fourth-order valence-corrected chi connectivity index (χ4v) is 3.22. The molecule has 1 fully saturated rings. The van der Waals surface area contributed by atoms with Gasteiger partial charge in [0.15, 0.2) is 0 Å². The lowest BCUT2D eigenvalue weighted by molar-refractivity contribution is -0.124. The van der Waals surface area contributed by atoms with Gasteiger partial charge < -0.3 is 15.0 Å². The molecule has 0 radical (unpaired) electrons. The molecule has 0 aromatic heterocycles. The van der Waals surface area contributed by atoms with Crippen molar-refractivity contribution in [2.75, 3.05) is 33.2 Å². The van der Waals surface area contributed by atoms with Crippen LogP contribution in [0.1, 0.15) is 60.3 Å². The number of hydrogen-bond acceptors (Lipinski definition) is 4. The molecular formula is C19H37N3O3. The Kier molecular flexibility index (Phi) is 8.69. The summed E-state index contributed by atoms with van der Waals surface area (Å²) in [6.07, 6.45) is 4.61. The van der Waals surface area contributed by atoms with Gasteiger partial charge in [0.1, 0.15) is 5.60 Å². The second-order valence-corrected chi connectivity index (χ2v) is 8.15. The van der Waals surface area contributed by atoms with Crippen molar-refractivity contribution in [2.24, 2.45) is 5.92 Å². The van der Waals surface area contributed by atoms with Crippen molar-refractivity contribution in [1.29, 1.82) is 0 Å². The van der Waals surface area contributed by atoms with Crippen molar-refractivity contribution >= 4 is 12.0 Å². The normalized spacial score (nSPS) is 20.0. The molecule has 2 amide bonds. The van der Waals surface area contributed by atoms with Gasteiger partial charge in [-0.1, -0.05) is 20.3 Å². The first kappa shape index (κ1) is 21.7. The molecule has 1 saturated heterocycles. The smallest absolute Gasteiger partial charge is 0.410 e. The van der Waals surface area contributed by atoms with Crippen LogP contribution in [0.5, 0.6) is 0 Å². The maximum atomic E-state index is 12.3. The Bertz CT molecular complexity index is 434. The second-order valence-electron chi connectivity index (χ2n) is 8.15. The van der Waals surface area contributed by atoms with Crippen LogP contribution >= 0.6 is 0 Å². The molecule has 1 rings (SSSR count). The van der Waals surface area contributed by atoms with E-state index in [1.54, 1.807) is 7.05 Å². The minimum Gasteiger partial charge on any atom is -0.444 e. The zero-order chi connectivity index (χ0) is 19.0. The van der Waals surface area contributed by atoms with E-state index < -0.39 is 11.7 Å². The molecule has 2 atom stereocenters. The Morgan fingerprint density at radius 2 is 2.00 bits per heavy atom. The largest absolute Gasteiger partial charge is 0.444 e. The lowest BCUT2D eigenvalue weighted by atomic mass is 10.0. The number of nitrogens with one attached hydrogen (secondary N) is 1. The molecule has 0 saturated carbocycles. The zero-order valence-electron chi connectivity index (χ0n) is 16.9. The van der Waals surface area contributed by atoms with E-state index in [0.717, 1.165) is 13.1 Å². The van der Waals surface area contributed by atoms with Crippen molar-refractivity contribution in [1.82, 2.24) is 15.1 Å². The Balaban J connectivity index is 2.32. The molecule has 2 unspecified atom stereocenters. The Morgan fingerprint density at radius 3 is 2.60 bits per heavy atom. The third-order valence-corrected chi connectivity index (χ3v) is 4.62. The van der Waals surface area contributed by atoms with E-state index in [-0.39, 0.29) is 11.8 Å². The van der Waals surface area contributed by atoms with Gasteiger partial charge >= 0.3 is 6.09 Å². The Labute approximate surface area is 153 Å². The summed E-state index contributed by atoms with van der Waals surface area (Å²) in [5.74, 6) is -0.277. The summed E-state index contributed by atoms with van der Waals surface area (Å²) in [5.41, 5.74) is -0.527. The molecule has 25 heavy (non-hydrogen) atoms. The maximum absolute atomic E-state index is 12.3. The maximum Gasteiger partial charge on any atom is 0.410 e. The number of carbonyl (C=O) groups is 2. The van der Waals surface area contributed by atoms with Gasteiger partial charge in [-0.15, -0.1) is 0 Å². The first-order chi connectivity index (χ1) is 11.6. The standard InChI is InChI=1S/C19H37N3O3/c1-7-16-10-8-9-12-22(16)13-11-20-17(23)15(2)14-21(6)18(24)25-19(3,4)5/h15-16H,7-14H2,1-6H3,(H,20,23). The van der Waals surface area contributed by atoms with Crippen molar-refractivity contribution in [3.05, 3.63) is 0 Å². The van der Waals surface area contributed by atoms with Crippen molar-refractivity contribution in [2.45, 2.75) is 71.9 Å². The number of amides is 2. The highest BCUT2D eigenvalue weighted by atomic mass is 16.6. The van der Waals surface area contributed by atoms with Gasteiger partial charge in [0, 0.05) is 32.7 Å². The van der Waals surface area contributed by atoms with Crippen LogP contribution < -0.4 is 5.32 Å². The molecule has 1 N–H and O–H groups in total. The summed E-state index contributed by atoms with van der Waals surface area (Å²) in [4.78, 5) is 28.2. The highest BCUT2D eigenvalue weighted by molar-refractivity contribution is 5.79. The summed E-state index contributed by atoms with van der Waals surface area (Å²) in [6.45, 7) is 12.6. The van der Waals surface area contributed by atoms with E-state index in [1.807, 2.05) is 27.7 Å². The molecule has 146 valence electrons. The van der Waals surface area contributed by atoms with E-state index >= 15 is 0 Å². The topological polar surface area (TPSA) is 61.9 Å². The number of nitrogens with zero attached hydrogens (tertiary/aromatic N) is 2. The Hall–Kier alpha value is -1.30. The molecular weight excluding hydrogens is 318 g/mol. The number of rotatable bonds is 7. The minimum atomic E-state index is -0.527. The van der Waals surface area contributed by atoms with Crippen LogP contribution in [0.4, 0.5) is 4.79 Å². The lowest BCUT2D eigenvalue weighted by Crippen LogP contribution is -2.45. The van der Waals surface area contributed by atoms with E-state index in [9.17, 15) is 9.59 Å². The monoisotopic (exact) mass is 355 g/mol. The van der Waals surface area contributed by atoms with Gasteiger partial charge in [-0.3, -0.25) is 9.69 Å². The molecule has 0 aromatic rings. The second kappa shape index (κ2) is 10.00. The van der Waals surface area contributed by atoms with Crippen molar-refractivity contribution < 1.29 is 14.3 Å². The summed E-state index contributed by atoms with van der Waals surface area (Å²) in [6, 6.07) is 0.654. The van der Waals surface area contributed by atoms with E-state index in [1.165, 1.54) is 30.6 Å². The first-order valence-electron chi connectivity index (χ1n) is 9.60. The van der Waals surface area contributed by atoms with Gasteiger partial charge in [-0.25, -0.2) is 4.79 Å². The first-order valence-corrected chi connectivity index (χ1v) is 9.60. The quantitative estimate of drug-likeness (QED) is 0.763. The number of hydrogen-bond donors (Lipinski definition) is 1.